The average molecular weight is 910 g/mol. The van der Waals surface area contributed by atoms with Gasteiger partial charge in [-0.1, -0.05) is 5.21 Å². The van der Waals surface area contributed by atoms with Gasteiger partial charge < -0.3 is 14.7 Å². The molecule has 2 aromatic heterocycles. The Balaban J connectivity index is 1.74. The summed E-state index contributed by atoms with van der Waals surface area (Å²) in [6.45, 7) is 0. The molecule has 0 radical (unpaired) electrons. The molecular weight excluding hydrogens is 899 g/mol. The molecule has 1 aromatic carbocycles. The first kappa shape index (κ1) is 27.1. The highest BCUT2D eigenvalue weighted by molar-refractivity contribution is 14.1. The molecule has 0 aliphatic carbocycles. The fourth-order valence-electron chi connectivity index (χ4n) is 3.18. The third-order valence-electron chi connectivity index (χ3n) is 4.73. The minimum Gasteiger partial charge on any atom is -0.388 e. The molecule has 34 heavy (non-hydrogen) atoms. The molecule has 0 spiro atoms. The lowest BCUT2D eigenvalue weighted by molar-refractivity contribution is -0.126. The number of benzene rings is 1. The van der Waals surface area contributed by atoms with E-state index < -0.39 is 38.1 Å². The number of aliphatic hydroxyl groups is 1. The van der Waals surface area contributed by atoms with Crippen LogP contribution in [0, 0.1) is 7.14 Å². The molecule has 3 heterocycles. The molecule has 182 valence electrons. The van der Waals surface area contributed by atoms with E-state index in [4.69, 9.17) is 9.63 Å². The number of aromatic amines is 1. The van der Waals surface area contributed by atoms with Crippen LogP contribution in [-0.2, 0) is 13.8 Å². The second-order valence-electron chi connectivity index (χ2n) is 6.82. The van der Waals surface area contributed by atoms with E-state index in [0.29, 0.717) is 5.69 Å². The van der Waals surface area contributed by atoms with Gasteiger partial charge in [-0.3, -0.25) is 23.4 Å². The number of ether oxygens (including phenoxy) is 1. The summed E-state index contributed by atoms with van der Waals surface area (Å²) in [6.07, 6.45) is -1.02. The Kier molecular flexibility index (Phi) is 8.58. The van der Waals surface area contributed by atoms with Crippen LogP contribution in [0.25, 0.3) is 16.9 Å². The maximum Gasteiger partial charge on any atom is 0.330 e. The molecule has 4 atom stereocenters. The van der Waals surface area contributed by atoms with E-state index in [9.17, 15) is 19.3 Å². The van der Waals surface area contributed by atoms with Crippen LogP contribution in [0.2, 0.25) is 0 Å². The van der Waals surface area contributed by atoms with Crippen LogP contribution in [0.1, 0.15) is 12.6 Å². The van der Waals surface area contributed by atoms with Gasteiger partial charge in [0.15, 0.2) is 6.29 Å². The largest absolute Gasteiger partial charge is 0.388 e. The molecular formula is C16H11Br3I2N5O7P. The lowest BCUT2D eigenvalue weighted by Crippen LogP contribution is -2.33. The Morgan fingerprint density at radius 1 is 1.18 bits per heavy atom. The number of rotatable bonds is 5. The lowest BCUT2D eigenvalue weighted by atomic mass is 10.2. The summed E-state index contributed by atoms with van der Waals surface area (Å²) in [5.74, 6) is 0. The van der Waals surface area contributed by atoms with Crippen LogP contribution >= 0.6 is 101 Å². The fraction of sp³-hybridized carbons (Fsp3) is 0.250. The quantitative estimate of drug-likeness (QED) is 0.151. The van der Waals surface area contributed by atoms with E-state index >= 15 is 0 Å². The molecule has 0 bridgehead atoms. The second kappa shape index (κ2) is 10.8. The first-order valence-electron chi connectivity index (χ1n) is 9.02. The minimum atomic E-state index is -3.37. The van der Waals surface area contributed by atoms with Crippen molar-refractivity contribution in [2.75, 3.05) is 0 Å². The van der Waals surface area contributed by atoms with Crippen molar-refractivity contribution >= 4 is 101 Å². The maximum absolute atomic E-state index is 12.6. The molecule has 0 saturated carbocycles. The Bertz CT molecular complexity index is 1400. The third kappa shape index (κ3) is 5.19. The second-order valence-corrected chi connectivity index (χ2v) is 12.1. The molecule has 0 amide bonds. The van der Waals surface area contributed by atoms with E-state index in [1.807, 2.05) is 0 Å². The number of hydrogen-bond donors (Lipinski definition) is 3. The lowest BCUT2D eigenvalue weighted by Gasteiger charge is -2.15. The summed E-state index contributed by atoms with van der Waals surface area (Å²) in [5, 5.41) is 18.3. The Labute approximate surface area is 243 Å². The molecule has 4 rings (SSSR count). The third-order valence-corrected chi connectivity index (χ3v) is 12.6. The summed E-state index contributed by atoms with van der Waals surface area (Å²) in [4.78, 5) is 36.1. The zero-order valence-corrected chi connectivity index (χ0v) is 26.3. The summed E-state index contributed by atoms with van der Waals surface area (Å²) >= 11 is 15.0. The molecule has 3 N–H and O–H groups in total. The Morgan fingerprint density at radius 2 is 1.82 bits per heavy atom. The van der Waals surface area contributed by atoms with Crippen molar-refractivity contribution in [2.45, 2.75) is 25.0 Å². The molecule has 1 fully saturated rings. The molecule has 3 aromatic rings. The summed E-state index contributed by atoms with van der Waals surface area (Å²) in [7, 11) is -3.37. The van der Waals surface area contributed by atoms with E-state index in [0.717, 1.165) is 25.1 Å². The smallest absolute Gasteiger partial charge is 0.330 e. The number of hydrogen-bond acceptors (Lipinski definition) is 8. The fourth-order valence-corrected chi connectivity index (χ4v) is 7.50. The van der Waals surface area contributed by atoms with Crippen LogP contribution in [0.5, 0.6) is 0 Å². The topological polar surface area (TPSA) is 162 Å². The normalized spacial score (nSPS) is 21.2. The zero-order chi connectivity index (χ0) is 24.9. The summed E-state index contributed by atoms with van der Waals surface area (Å²) in [5.41, 5.74) is -0.635. The number of nitrogens with zero attached hydrogens (tertiary/aromatic N) is 4. The first-order chi connectivity index (χ1) is 16.0. The van der Waals surface area contributed by atoms with Crippen LogP contribution in [0.3, 0.4) is 0 Å². The number of aromatic nitrogens is 5. The number of halogens is 5. The monoisotopic (exact) mass is 907 g/mol. The molecule has 18 heteroatoms. The maximum atomic E-state index is 12.6. The van der Waals surface area contributed by atoms with Gasteiger partial charge in [-0.15, -0.1) is 5.10 Å². The predicted octanol–water partition coefficient (Wildman–Crippen LogP) is 3.29. The summed E-state index contributed by atoms with van der Waals surface area (Å²) in [6, 6.07) is 0. The van der Waals surface area contributed by atoms with E-state index in [-0.39, 0.29) is 17.7 Å². The highest BCUT2D eigenvalue weighted by Gasteiger charge is 2.37. The van der Waals surface area contributed by atoms with E-state index in [2.05, 4.69) is 113 Å². The van der Waals surface area contributed by atoms with Gasteiger partial charge in [0, 0.05) is 24.2 Å². The van der Waals surface area contributed by atoms with Crippen molar-refractivity contribution in [3.05, 3.63) is 53.8 Å². The van der Waals surface area contributed by atoms with Crippen LogP contribution in [0.15, 0.2) is 35.4 Å². The molecule has 1 aliphatic rings. The van der Waals surface area contributed by atoms with Gasteiger partial charge in [-0.2, -0.15) is 0 Å². The standard InChI is InChI=1S/C16H11Br3I2N5O7P/c17-8-11(20)9(18)13(10(19)12(8)21)26-3-5(23-24-26)4-2-25(16(29)22-14(4)28)7-1-6(27)15(32-7)33-34(30)31/h2-3,6-7,15,27,34H,1H2,(H,30,31)(H,22,28,29)/t6-,7-,15-/m1/s1. The van der Waals surface area contributed by atoms with Gasteiger partial charge in [-0.05, 0) is 93.0 Å². The highest BCUT2D eigenvalue weighted by atomic mass is 127. The van der Waals surface area contributed by atoms with Crippen molar-refractivity contribution < 1.29 is 23.8 Å². The number of H-pyrrole nitrogens is 1. The van der Waals surface area contributed by atoms with Crippen LogP contribution < -0.4 is 11.2 Å². The van der Waals surface area contributed by atoms with Gasteiger partial charge in [0.25, 0.3) is 5.56 Å². The first-order valence-corrected chi connectivity index (χ1v) is 14.8. The predicted molar refractivity (Wildman–Crippen MR) is 147 cm³/mol. The molecule has 1 unspecified atom stereocenters. The van der Waals surface area contributed by atoms with Gasteiger partial charge in [0.2, 0.25) is 0 Å². The number of nitrogens with one attached hydrogen (secondary N) is 1. The van der Waals surface area contributed by atoms with Crippen molar-refractivity contribution in [3.63, 3.8) is 0 Å². The minimum absolute atomic E-state index is 0.0257. The van der Waals surface area contributed by atoms with Gasteiger partial charge >= 0.3 is 13.9 Å². The Hall–Kier alpha value is 0.0100. The highest BCUT2D eigenvalue weighted by Crippen LogP contribution is 2.42. The van der Waals surface area contributed by atoms with E-state index in [1.165, 1.54) is 17.1 Å². The van der Waals surface area contributed by atoms with Crippen molar-refractivity contribution in [1.82, 2.24) is 24.5 Å². The average Bonchev–Trinajstić information content (AvgIpc) is 3.38. The SMILES string of the molecule is O=c1[nH]c(=O)n([C@H]2C[C@@H](O)[C@@H](O[PH](=O)O)O2)cc1-c1cn(-c2c(Br)c(I)c(Br)c(I)c2Br)nn1. The van der Waals surface area contributed by atoms with Crippen LogP contribution in [0.4, 0.5) is 0 Å². The molecule has 1 aliphatic heterocycles. The van der Waals surface area contributed by atoms with Crippen molar-refractivity contribution in [2.24, 2.45) is 0 Å². The molecule has 1 saturated heterocycles. The zero-order valence-electron chi connectivity index (χ0n) is 16.2. The summed E-state index contributed by atoms with van der Waals surface area (Å²) < 4.78 is 27.7. The Morgan fingerprint density at radius 3 is 2.44 bits per heavy atom. The van der Waals surface area contributed by atoms with Crippen molar-refractivity contribution in [1.29, 1.82) is 0 Å². The van der Waals surface area contributed by atoms with Gasteiger partial charge in [0.05, 0.1) is 26.4 Å². The van der Waals surface area contributed by atoms with Crippen LogP contribution in [-0.4, -0.2) is 46.9 Å². The molecule has 12 nitrogen and oxygen atoms in total. The van der Waals surface area contributed by atoms with Gasteiger partial charge in [-0.25, -0.2) is 9.48 Å². The number of aliphatic hydroxyl groups excluding tert-OH is 1. The van der Waals surface area contributed by atoms with Gasteiger partial charge in [0.1, 0.15) is 18.0 Å². The van der Waals surface area contributed by atoms with E-state index in [1.54, 1.807) is 0 Å². The van der Waals surface area contributed by atoms with Crippen molar-refractivity contribution in [3.8, 4) is 16.9 Å².